The fourth-order valence-corrected chi connectivity index (χ4v) is 1.56. The quantitative estimate of drug-likeness (QED) is 0.641. The van der Waals surface area contributed by atoms with E-state index in [9.17, 15) is 0 Å². The fraction of sp³-hybridized carbons (Fsp3) is 0.529. The first-order chi connectivity index (χ1) is 9.51. The Labute approximate surface area is 121 Å². The van der Waals surface area contributed by atoms with Crippen molar-refractivity contribution in [3.05, 3.63) is 35.4 Å². The summed E-state index contributed by atoms with van der Waals surface area (Å²) in [4.78, 5) is 0. The van der Waals surface area contributed by atoms with Crippen molar-refractivity contribution in [3.8, 4) is 11.8 Å². The summed E-state index contributed by atoms with van der Waals surface area (Å²) in [6.45, 7) is 7.92. The Bertz CT molecular complexity index is 449. The Morgan fingerprint density at radius 3 is 2.70 bits per heavy atom. The number of hydrogen-bond donors (Lipinski definition) is 1. The molecule has 0 aromatic heterocycles. The minimum atomic E-state index is -0.119. The van der Waals surface area contributed by atoms with Gasteiger partial charge < -0.3 is 14.6 Å². The van der Waals surface area contributed by atoms with Crippen LogP contribution in [-0.4, -0.2) is 30.5 Å². The molecule has 1 aromatic carbocycles. The summed E-state index contributed by atoms with van der Waals surface area (Å²) >= 11 is 0. The van der Waals surface area contributed by atoms with Crippen LogP contribution in [0.1, 0.15) is 38.3 Å². The summed E-state index contributed by atoms with van der Waals surface area (Å²) in [5.41, 5.74) is 1.92. The molecule has 3 heteroatoms. The molecule has 0 bridgehead atoms. The lowest BCUT2D eigenvalue weighted by atomic mass is 10.1. The third-order valence-corrected chi connectivity index (χ3v) is 2.43. The van der Waals surface area contributed by atoms with Crippen LogP contribution < -0.4 is 0 Å². The van der Waals surface area contributed by atoms with Gasteiger partial charge in [-0.2, -0.15) is 0 Å². The molecular formula is C17H24O3. The van der Waals surface area contributed by atoms with Crippen molar-refractivity contribution in [2.24, 2.45) is 0 Å². The van der Waals surface area contributed by atoms with Gasteiger partial charge >= 0.3 is 0 Å². The summed E-state index contributed by atoms with van der Waals surface area (Å²) < 4.78 is 11.2. The zero-order valence-corrected chi connectivity index (χ0v) is 12.6. The summed E-state index contributed by atoms with van der Waals surface area (Å²) in [6.07, 6.45) is 0.505. The highest BCUT2D eigenvalue weighted by atomic mass is 16.5. The van der Waals surface area contributed by atoms with E-state index in [1.807, 2.05) is 45.0 Å². The van der Waals surface area contributed by atoms with Gasteiger partial charge in [-0.25, -0.2) is 0 Å². The molecule has 0 saturated carbocycles. The van der Waals surface area contributed by atoms with Gasteiger partial charge in [-0.1, -0.05) is 24.0 Å². The van der Waals surface area contributed by atoms with E-state index in [0.29, 0.717) is 26.2 Å². The molecule has 0 aliphatic rings. The van der Waals surface area contributed by atoms with Crippen molar-refractivity contribution in [2.75, 3.05) is 19.8 Å². The van der Waals surface area contributed by atoms with Crippen molar-refractivity contribution < 1.29 is 14.6 Å². The van der Waals surface area contributed by atoms with Gasteiger partial charge in [-0.05, 0) is 38.5 Å². The monoisotopic (exact) mass is 276 g/mol. The first-order valence-electron chi connectivity index (χ1n) is 6.91. The van der Waals surface area contributed by atoms with Crippen molar-refractivity contribution in [1.29, 1.82) is 0 Å². The lowest BCUT2D eigenvalue weighted by Crippen LogP contribution is -2.21. The van der Waals surface area contributed by atoms with Crippen molar-refractivity contribution in [1.82, 2.24) is 0 Å². The molecule has 3 nitrogen and oxygen atoms in total. The summed E-state index contributed by atoms with van der Waals surface area (Å²) in [5.74, 6) is 5.93. The van der Waals surface area contributed by atoms with Gasteiger partial charge in [0.1, 0.15) is 0 Å². The molecule has 0 atom stereocenters. The molecule has 0 heterocycles. The average Bonchev–Trinajstić information content (AvgIpc) is 2.38. The molecule has 1 N–H and O–H groups in total. The number of ether oxygens (including phenoxy) is 2. The third-order valence-electron chi connectivity index (χ3n) is 2.43. The zero-order chi connectivity index (χ0) is 14.8. The SMILES string of the molecule is CC(C)(C)OCCOCc1cccc(C#CCCO)c1. The minimum absolute atomic E-state index is 0.101. The molecule has 0 aliphatic heterocycles. The van der Waals surface area contributed by atoms with Gasteiger partial charge in [0.15, 0.2) is 0 Å². The van der Waals surface area contributed by atoms with E-state index in [0.717, 1.165) is 11.1 Å². The average molecular weight is 276 g/mol. The number of rotatable bonds is 6. The van der Waals surface area contributed by atoms with Crippen LogP contribution in [0.25, 0.3) is 0 Å². The third kappa shape index (κ3) is 7.96. The van der Waals surface area contributed by atoms with E-state index in [1.54, 1.807) is 0 Å². The van der Waals surface area contributed by atoms with Crippen LogP contribution in [0, 0.1) is 11.8 Å². The van der Waals surface area contributed by atoms with Gasteiger partial charge in [-0.15, -0.1) is 0 Å². The second-order valence-corrected chi connectivity index (χ2v) is 5.49. The molecule has 110 valence electrons. The molecule has 0 spiro atoms. The Morgan fingerprint density at radius 1 is 1.20 bits per heavy atom. The molecular weight excluding hydrogens is 252 g/mol. The molecule has 0 amide bonds. The molecule has 0 saturated heterocycles. The van der Waals surface area contributed by atoms with Crippen LogP contribution >= 0.6 is 0 Å². The maximum Gasteiger partial charge on any atom is 0.0718 e. The Hall–Kier alpha value is -1.34. The highest BCUT2D eigenvalue weighted by Gasteiger charge is 2.08. The van der Waals surface area contributed by atoms with Crippen LogP contribution in [-0.2, 0) is 16.1 Å². The number of aliphatic hydroxyl groups is 1. The van der Waals surface area contributed by atoms with E-state index in [2.05, 4.69) is 11.8 Å². The molecule has 0 unspecified atom stereocenters. The largest absolute Gasteiger partial charge is 0.395 e. The van der Waals surface area contributed by atoms with Gasteiger partial charge in [0.05, 0.1) is 32.0 Å². The highest BCUT2D eigenvalue weighted by molar-refractivity contribution is 5.36. The topological polar surface area (TPSA) is 38.7 Å². The second kappa shape index (κ2) is 8.76. The van der Waals surface area contributed by atoms with Crippen molar-refractivity contribution >= 4 is 0 Å². The van der Waals surface area contributed by atoms with Crippen molar-refractivity contribution in [2.45, 2.75) is 39.4 Å². The predicted molar refractivity (Wildman–Crippen MR) is 80.4 cm³/mol. The van der Waals surface area contributed by atoms with E-state index in [4.69, 9.17) is 14.6 Å². The summed E-state index contributed by atoms with van der Waals surface area (Å²) in [5, 5.41) is 8.69. The zero-order valence-electron chi connectivity index (χ0n) is 12.6. The van der Waals surface area contributed by atoms with Crippen LogP contribution in [0.2, 0.25) is 0 Å². The minimum Gasteiger partial charge on any atom is -0.395 e. The van der Waals surface area contributed by atoms with Crippen LogP contribution in [0.3, 0.4) is 0 Å². The molecule has 0 fully saturated rings. The van der Waals surface area contributed by atoms with Crippen LogP contribution in [0.5, 0.6) is 0 Å². The van der Waals surface area contributed by atoms with Gasteiger partial charge in [0, 0.05) is 12.0 Å². The molecule has 1 aromatic rings. The lowest BCUT2D eigenvalue weighted by molar-refractivity contribution is -0.0376. The molecule has 1 rings (SSSR count). The van der Waals surface area contributed by atoms with E-state index >= 15 is 0 Å². The predicted octanol–water partition coefficient (Wildman–Crippen LogP) is 2.75. The van der Waals surface area contributed by atoms with Gasteiger partial charge in [0.2, 0.25) is 0 Å². The first-order valence-corrected chi connectivity index (χ1v) is 6.91. The molecule has 0 aliphatic carbocycles. The molecule has 0 radical (unpaired) electrons. The Balaban J connectivity index is 2.34. The number of hydrogen-bond acceptors (Lipinski definition) is 3. The fourth-order valence-electron chi connectivity index (χ4n) is 1.56. The first kappa shape index (κ1) is 16.7. The standard InChI is InChI=1S/C17H24O3/c1-17(2,3)20-12-11-19-14-16-9-6-8-15(13-16)7-4-5-10-18/h6,8-9,13,18H,5,10-12,14H2,1-3H3. The smallest absolute Gasteiger partial charge is 0.0718 e. The van der Waals surface area contributed by atoms with Gasteiger partial charge in [0.25, 0.3) is 0 Å². The lowest BCUT2D eigenvalue weighted by Gasteiger charge is -2.19. The Morgan fingerprint density at radius 2 is 2.00 bits per heavy atom. The van der Waals surface area contributed by atoms with E-state index in [-0.39, 0.29) is 12.2 Å². The van der Waals surface area contributed by atoms with Crippen LogP contribution in [0.4, 0.5) is 0 Å². The molecule has 20 heavy (non-hydrogen) atoms. The van der Waals surface area contributed by atoms with Crippen LogP contribution in [0.15, 0.2) is 24.3 Å². The maximum atomic E-state index is 8.69. The highest BCUT2D eigenvalue weighted by Crippen LogP contribution is 2.08. The van der Waals surface area contributed by atoms with E-state index in [1.165, 1.54) is 0 Å². The number of aliphatic hydroxyl groups excluding tert-OH is 1. The normalized spacial score (nSPS) is 11.0. The second-order valence-electron chi connectivity index (χ2n) is 5.49. The van der Waals surface area contributed by atoms with Gasteiger partial charge in [-0.3, -0.25) is 0 Å². The Kier molecular flexibility index (Phi) is 7.32. The maximum absolute atomic E-state index is 8.69. The summed E-state index contributed by atoms with van der Waals surface area (Å²) in [6, 6.07) is 7.95. The number of benzene rings is 1. The van der Waals surface area contributed by atoms with E-state index < -0.39 is 0 Å². The summed E-state index contributed by atoms with van der Waals surface area (Å²) in [7, 11) is 0. The van der Waals surface area contributed by atoms with Crippen molar-refractivity contribution in [3.63, 3.8) is 0 Å².